The number of nitrogens with zero attached hydrogens (tertiary/aromatic N) is 3. The molecule has 2 rings (SSSR count). The zero-order chi connectivity index (χ0) is 13.5. The highest BCUT2D eigenvalue weighted by Gasteiger charge is 2.20. The predicted molar refractivity (Wildman–Crippen MR) is 68.9 cm³/mol. The lowest BCUT2D eigenvalue weighted by Crippen LogP contribution is -2.26. The number of aromatic nitrogens is 3. The number of hydrogen-bond donors (Lipinski definition) is 1. The fourth-order valence-electron chi connectivity index (χ4n) is 1.72. The quantitative estimate of drug-likeness (QED) is 0.932. The van der Waals surface area contributed by atoms with Crippen LogP contribution in [0.4, 0.5) is 4.39 Å². The Morgan fingerprint density at radius 1 is 1.61 bits per heavy atom. The molecule has 0 aliphatic heterocycles. The maximum atomic E-state index is 13.9. The van der Waals surface area contributed by atoms with Crippen LogP contribution >= 0.6 is 11.6 Å². The first-order valence-electron chi connectivity index (χ1n) is 5.39. The van der Waals surface area contributed by atoms with Crippen LogP contribution in [0.5, 0.6) is 0 Å². The molecule has 96 valence electrons. The van der Waals surface area contributed by atoms with Crippen LogP contribution in [-0.4, -0.2) is 25.7 Å². The summed E-state index contributed by atoms with van der Waals surface area (Å²) in [5.74, 6) is -0.557. The van der Waals surface area contributed by atoms with Crippen molar-refractivity contribution in [3.05, 3.63) is 29.0 Å². The maximum absolute atomic E-state index is 13.9. The fraction of sp³-hybridized carbons (Fsp3) is 0.333. The fourth-order valence-corrected chi connectivity index (χ4v) is 2.02. The van der Waals surface area contributed by atoms with E-state index >= 15 is 0 Å². The minimum absolute atomic E-state index is 0.0587. The Balaban J connectivity index is 2.66. The Morgan fingerprint density at radius 3 is 2.83 bits per heavy atom. The summed E-state index contributed by atoms with van der Waals surface area (Å²) >= 11 is 5.98. The molecule has 0 aliphatic rings. The molecule has 1 N–H and O–H groups in total. The Hall–Kier alpha value is -1.46. The van der Waals surface area contributed by atoms with Crippen molar-refractivity contribution in [3.63, 3.8) is 0 Å². The van der Waals surface area contributed by atoms with Crippen molar-refractivity contribution in [2.24, 2.45) is 0 Å². The Labute approximate surface area is 109 Å². The first-order valence-corrected chi connectivity index (χ1v) is 5.77. The molecule has 2 aromatic rings. The van der Waals surface area contributed by atoms with Gasteiger partial charge in [0.2, 0.25) is 0 Å². The Kier molecular flexibility index (Phi) is 3.12. The van der Waals surface area contributed by atoms with Gasteiger partial charge in [-0.15, -0.1) is 5.10 Å². The molecule has 1 heterocycles. The third kappa shape index (κ3) is 2.23. The van der Waals surface area contributed by atoms with Crippen molar-refractivity contribution in [2.75, 3.05) is 0 Å². The first kappa shape index (κ1) is 13.0. The summed E-state index contributed by atoms with van der Waals surface area (Å²) < 4.78 is 15.3. The van der Waals surface area contributed by atoms with Crippen LogP contribution in [0, 0.1) is 5.82 Å². The second-order valence-corrected chi connectivity index (χ2v) is 5.10. The number of rotatable bonds is 3. The maximum Gasteiger partial charge on any atom is 0.151 e. The van der Waals surface area contributed by atoms with E-state index in [1.807, 2.05) is 0 Å². The molecule has 6 heteroatoms. The third-order valence-electron chi connectivity index (χ3n) is 2.46. The molecule has 0 atom stereocenters. The van der Waals surface area contributed by atoms with Gasteiger partial charge in [-0.25, -0.2) is 9.07 Å². The molecule has 0 spiro atoms. The van der Waals surface area contributed by atoms with Crippen molar-refractivity contribution in [3.8, 4) is 0 Å². The van der Waals surface area contributed by atoms with Crippen LogP contribution in [0.2, 0.25) is 5.02 Å². The second kappa shape index (κ2) is 4.33. The van der Waals surface area contributed by atoms with Crippen molar-refractivity contribution in [2.45, 2.75) is 26.0 Å². The average Bonchev–Trinajstić information content (AvgIpc) is 2.64. The molecule has 0 aliphatic carbocycles. The van der Waals surface area contributed by atoms with Crippen LogP contribution in [0.1, 0.15) is 19.4 Å². The first-order chi connectivity index (χ1) is 8.33. The molecular weight excluding hydrogens is 257 g/mol. The largest absolute Gasteiger partial charge is 0.389 e. The van der Waals surface area contributed by atoms with Gasteiger partial charge in [0.15, 0.2) is 5.82 Å². The van der Waals surface area contributed by atoms with Crippen LogP contribution in [-0.2, 0) is 6.54 Å². The van der Waals surface area contributed by atoms with E-state index in [4.69, 9.17) is 11.6 Å². The molecule has 1 aromatic carbocycles. The van der Waals surface area contributed by atoms with E-state index in [0.717, 1.165) is 0 Å². The molecule has 1 aromatic heterocycles. The van der Waals surface area contributed by atoms with Crippen LogP contribution < -0.4 is 0 Å². The molecule has 0 fully saturated rings. The van der Waals surface area contributed by atoms with Crippen LogP contribution in [0.3, 0.4) is 0 Å². The number of benzene rings is 1. The van der Waals surface area contributed by atoms with Gasteiger partial charge < -0.3 is 5.11 Å². The zero-order valence-electron chi connectivity index (χ0n) is 10.1. The van der Waals surface area contributed by atoms with Gasteiger partial charge in [-0.2, -0.15) is 0 Å². The molecule has 0 saturated heterocycles. The van der Waals surface area contributed by atoms with E-state index < -0.39 is 11.4 Å². The molecule has 0 unspecified atom stereocenters. The minimum Gasteiger partial charge on any atom is -0.389 e. The summed E-state index contributed by atoms with van der Waals surface area (Å²) in [6, 6.07) is 1.53. The van der Waals surface area contributed by atoms with Gasteiger partial charge in [0.25, 0.3) is 0 Å². The molecule has 18 heavy (non-hydrogen) atoms. The van der Waals surface area contributed by atoms with E-state index in [0.29, 0.717) is 11.0 Å². The van der Waals surface area contributed by atoms with Gasteiger partial charge in [0.1, 0.15) is 16.1 Å². The summed E-state index contributed by atoms with van der Waals surface area (Å²) in [7, 11) is 0. The molecule has 4 nitrogen and oxygen atoms in total. The predicted octanol–water partition coefficient (Wildman–Crippen LogP) is 2.64. The summed E-state index contributed by atoms with van der Waals surface area (Å²) in [6.07, 6.45) is 1.37. The topological polar surface area (TPSA) is 50.9 Å². The highest BCUT2D eigenvalue weighted by atomic mass is 35.5. The van der Waals surface area contributed by atoms with Crippen molar-refractivity contribution >= 4 is 28.7 Å². The number of fused-ring (bicyclic) bond motifs is 1. The lowest BCUT2D eigenvalue weighted by atomic mass is 10.1. The van der Waals surface area contributed by atoms with Crippen molar-refractivity contribution in [1.82, 2.24) is 15.0 Å². The monoisotopic (exact) mass is 269 g/mol. The van der Waals surface area contributed by atoms with E-state index in [-0.39, 0.29) is 17.1 Å². The van der Waals surface area contributed by atoms with Crippen LogP contribution in [0.15, 0.2) is 12.6 Å². The second-order valence-electron chi connectivity index (χ2n) is 4.73. The summed E-state index contributed by atoms with van der Waals surface area (Å²) in [6.45, 7) is 6.94. The molecular formula is C12H13ClFN3O. The van der Waals surface area contributed by atoms with Gasteiger partial charge in [0, 0.05) is 5.56 Å². The molecule has 0 bridgehead atoms. The van der Waals surface area contributed by atoms with E-state index in [9.17, 15) is 9.50 Å². The molecule has 0 radical (unpaired) electrons. The van der Waals surface area contributed by atoms with Gasteiger partial charge >= 0.3 is 0 Å². The summed E-state index contributed by atoms with van der Waals surface area (Å²) in [5.41, 5.74) is 0.141. The summed E-state index contributed by atoms with van der Waals surface area (Å²) in [5, 5.41) is 17.5. The zero-order valence-corrected chi connectivity index (χ0v) is 10.9. The third-order valence-corrected chi connectivity index (χ3v) is 2.81. The van der Waals surface area contributed by atoms with Gasteiger partial charge in [-0.1, -0.05) is 29.5 Å². The Morgan fingerprint density at radius 2 is 2.28 bits per heavy atom. The lowest BCUT2D eigenvalue weighted by molar-refractivity contribution is 0.0585. The minimum atomic E-state index is -0.989. The molecule has 0 saturated carbocycles. The van der Waals surface area contributed by atoms with Gasteiger partial charge in [-0.3, -0.25) is 0 Å². The van der Waals surface area contributed by atoms with E-state index in [1.165, 1.54) is 16.8 Å². The lowest BCUT2D eigenvalue weighted by Gasteiger charge is -2.17. The summed E-state index contributed by atoms with van der Waals surface area (Å²) in [4.78, 5) is 0. The SMILES string of the molecule is C=Cc1cc2nnn(CC(C)(C)O)c2c(Cl)c1F. The standard InChI is InChI=1S/C12H13ClFN3O/c1-4-7-5-8-11(9(13)10(7)14)17(16-15-8)6-12(2,3)18/h4-5,18H,1,6H2,2-3H3. The Bertz CT molecular complexity index is 616. The van der Waals surface area contributed by atoms with E-state index in [1.54, 1.807) is 13.8 Å². The highest BCUT2D eigenvalue weighted by Crippen LogP contribution is 2.29. The smallest absolute Gasteiger partial charge is 0.151 e. The number of hydrogen-bond acceptors (Lipinski definition) is 3. The van der Waals surface area contributed by atoms with Crippen molar-refractivity contribution in [1.29, 1.82) is 0 Å². The average molecular weight is 270 g/mol. The van der Waals surface area contributed by atoms with Gasteiger partial charge in [0.05, 0.1) is 12.1 Å². The van der Waals surface area contributed by atoms with E-state index in [2.05, 4.69) is 16.9 Å². The normalized spacial score (nSPS) is 12.1. The van der Waals surface area contributed by atoms with Gasteiger partial charge in [-0.05, 0) is 19.9 Å². The highest BCUT2D eigenvalue weighted by molar-refractivity contribution is 6.35. The number of aliphatic hydroxyl groups is 1. The molecule has 0 amide bonds. The van der Waals surface area contributed by atoms with Crippen molar-refractivity contribution < 1.29 is 9.50 Å². The number of halogens is 2. The van der Waals surface area contributed by atoms with Crippen LogP contribution in [0.25, 0.3) is 17.1 Å².